The van der Waals surface area contributed by atoms with Crippen LogP contribution in [0.4, 0.5) is 19.0 Å². The van der Waals surface area contributed by atoms with Gasteiger partial charge in [-0.05, 0) is 32.1 Å². The SMILES string of the molecule is C[C@@H](CNC(=O)c1cc2n(n1)[C@@H](C(F)(F)F)C[C@@H](C1CC1)N2)N1CCOCC1. The second-order valence-corrected chi connectivity index (χ2v) is 7.95. The Hall–Kier alpha value is -1.81. The number of hydrogen-bond donors (Lipinski definition) is 2. The van der Waals surface area contributed by atoms with E-state index >= 15 is 0 Å². The summed E-state index contributed by atoms with van der Waals surface area (Å²) in [5, 5.41) is 9.94. The van der Waals surface area contributed by atoms with Crippen LogP contribution in [0.1, 0.15) is 42.7 Å². The Balaban J connectivity index is 1.43. The van der Waals surface area contributed by atoms with Crippen molar-refractivity contribution >= 4 is 11.7 Å². The monoisotopic (exact) mass is 401 g/mol. The number of rotatable bonds is 5. The van der Waals surface area contributed by atoms with Crippen molar-refractivity contribution < 1.29 is 22.7 Å². The van der Waals surface area contributed by atoms with Crippen LogP contribution in [0, 0.1) is 5.92 Å². The highest BCUT2D eigenvalue weighted by molar-refractivity contribution is 5.93. The third-order valence-corrected chi connectivity index (χ3v) is 5.87. The van der Waals surface area contributed by atoms with E-state index in [0.29, 0.717) is 19.8 Å². The number of halogens is 3. The molecule has 1 saturated heterocycles. The van der Waals surface area contributed by atoms with Gasteiger partial charge in [0.2, 0.25) is 0 Å². The molecule has 2 fully saturated rings. The molecule has 1 aromatic heterocycles. The number of carbonyl (C=O) groups is 1. The number of nitrogens with one attached hydrogen (secondary N) is 2. The molecule has 28 heavy (non-hydrogen) atoms. The molecule has 3 atom stereocenters. The normalized spacial score (nSPS) is 27.0. The van der Waals surface area contributed by atoms with Gasteiger partial charge in [-0.15, -0.1) is 0 Å². The van der Waals surface area contributed by atoms with E-state index in [2.05, 4.69) is 20.6 Å². The quantitative estimate of drug-likeness (QED) is 0.790. The molecule has 0 bridgehead atoms. The van der Waals surface area contributed by atoms with Crippen LogP contribution in [0.3, 0.4) is 0 Å². The molecule has 10 heteroatoms. The maximum Gasteiger partial charge on any atom is 0.410 e. The van der Waals surface area contributed by atoms with Crippen LogP contribution in [-0.4, -0.2) is 71.7 Å². The highest BCUT2D eigenvalue weighted by Gasteiger charge is 2.49. The number of nitrogens with zero attached hydrogens (tertiary/aromatic N) is 3. The van der Waals surface area contributed by atoms with Gasteiger partial charge in [-0.1, -0.05) is 0 Å². The lowest BCUT2D eigenvalue weighted by molar-refractivity contribution is -0.174. The number of hydrogen-bond acceptors (Lipinski definition) is 5. The van der Waals surface area contributed by atoms with Crippen molar-refractivity contribution in [3.63, 3.8) is 0 Å². The first-order valence-corrected chi connectivity index (χ1v) is 9.85. The highest BCUT2D eigenvalue weighted by Crippen LogP contribution is 2.45. The molecule has 7 nitrogen and oxygen atoms in total. The zero-order valence-electron chi connectivity index (χ0n) is 15.8. The third-order valence-electron chi connectivity index (χ3n) is 5.87. The van der Waals surface area contributed by atoms with E-state index in [1.54, 1.807) is 0 Å². The van der Waals surface area contributed by atoms with Gasteiger partial charge in [0, 0.05) is 37.8 Å². The van der Waals surface area contributed by atoms with E-state index in [1.165, 1.54) is 6.07 Å². The smallest absolute Gasteiger partial charge is 0.379 e. The summed E-state index contributed by atoms with van der Waals surface area (Å²) >= 11 is 0. The van der Waals surface area contributed by atoms with Crippen molar-refractivity contribution in [2.45, 2.75) is 50.5 Å². The zero-order chi connectivity index (χ0) is 19.9. The van der Waals surface area contributed by atoms with Gasteiger partial charge in [-0.25, -0.2) is 4.68 Å². The van der Waals surface area contributed by atoms with Crippen LogP contribution >= 0.6 is 0 Å². The molecule has 0 unspecified atom stereocenters. The van der Waals surface area contributed by atoms with Gasteiger partial charge in [-0.3, -0.25) is 9.69 Å². The molecule has 1 amide bonds. The number of alkyl halides is 3. The number of aromatic nitrogens is 2. The van der Waals surface area contributed by atoms with Crippen LogP contribution < -0.4 is 10.6 Å². The highest BCUT2D eigenvalue weighted by atomic mass is 19.4. The lowest BCUT2D eigenvalue weighted by atomic mass is 10.0. The number of amides is 1. The maximum atomic E-state index is 13.5. The van der Waals surface area contributed by atoms with Crippen molar-refractivity contribution in [3.05, 3.63) is 11.8 Å². The summed E-state index contributed by atoms with van der Waals surface area (Å²) < 4.78 is 46.9. The lowest BCUT2D eigenvalue weighted by Gasteiger charge is -2.33. The fraction of sp³-hybridized carbons (Fsp3) is 0.778. The molecule has 2 N–H and O–H groups in total. The number of morpholine rings is 1. The second-order valence-electron chi connectivity index (χ2n) is 7.95. The molecule has 0 radical (unpaired) electrons. The molecule has 2 aliphatic heterocycles. The summed E-state index contributed by atoms with van der Waals surface area (Å²) in [7, 11) is 0. The predicted molar refractivity (Wildman–Crippen MR) is 96.3 cm³/mol. The zero-order valence-corrected chi connectivity index (χ0v) is 15.8. The van der Waals surface area contributed by atoms with E-state index in [9.17, 15) is 18.0 Å². The molecule has 0 spiro atoms. The standard InChI is InChI=1S/C18H26F3N5O2/c1-11(25-4-6-28-7-5-25)10-22-17(27)14-9-16-23-13(12-2-3-12)8-15(18(19,20)21)26(16)24-14/h9,11-13,15,23H,2-8,10H2,1H3,(H,22,27)/t11-,13-,15+/m0/s1. The van der Waals surface area contributed by atoms with Crippen LogP contribution in [0.25, 0.3) is 0 Å². The Morgan fingerprint density at radius 3 is 2.75 bits per heavy atom. The van der Waals surface area contributed by atoms with Gasteiger partial charge in [0.1, 0.15) is 5.82 Å². The van der Waals surface area contributed by atoms with Gasteiger partial charge >= 0.3 is 6.18 Å². The summed E-state index contributed by atoms with van der Waals surface area (Å²) in [6.45, 7) is 5.34. The van der Waals surface area contributed by atoms with Crippen LogP contribution in [-0.2, 0) is 4.74 Å². The third kappa shape index (κ3) is 4.12. The maximum absolute atomic E-state index is 13.5. The minimum absolute atomic E-state index is 0.0161. The van der Waals surface area contributed by atoms with Gasteiger partial charge in [0.05, 0.1) is 13.2 Å². The second kappa shape index (κ2) is 7.55. The largest absolute Gasteiger partial charge is 0.410 e. The predicted octanol–water partition coefficient (Wildman–Crippen LogP) is 2.03. The van der Waals surface area contributed by atoms with Gasteiger partial charge in [0.25, 0.3) is 5.91 Å². The van der Waals surface area contributed by atoms with Gasteiger partial charge in [0.15, 0.2) is 11.7 Å². The summed E-state index contributed by atoms with van der Waals surface area (Å²) in [5.74, 6) is 0.102. The van der Waals surface area contributed by atoms with Crippen molar-refractivity contribution in [3.8, 4) is 0 Å². The van der Waals surface area contributed by atoms with E-state index in [4.69, 9.17) is 4.74 Å². The Kier molecular flexibility index (Phi) is 5.26. The molecular formula is C18H26F3N5O2. The Morgan fingerprint density at radius 1 is 1.39 bits per heavy atom. The first kappa shape index (κ1) is 19.5. The summed E-state index contributed by atoms with van der Waals surface area (Å²) in [6, 6.07) is -0.358. The van der Waals surface area contributed by atoms with E-state index in [1.807, 2.05) is 6.92 Å². The van der Waals surface area contributed by atoms with Crippen LogP contribution in [0.15, 0.2) is 6.07 Å². The van der Waals surface area contributed by atoms with Gasteiger partial charge < -0.3 is 15.4 Å². The number of fused-ring (bicyclic) bond motifs is 1. The van der Waals surface area contributed by atoms with Crippen molar-refractivity contribution in [1.29, 1.82) is 0 Å². The molecule has 156 valence electrons. The molecule has 1 aliphatic carbocycles. The fourth-order valence-corrected chi connectivity index (χ4v) is 4.00. The van der Waals surface area contributed by atoms with Crippen LogP contribution in [0.2, 0.25) is 0 Å². The van der Waals surface area contributed by atoms with E-state index in [0.717, 1.165) is 30.6 Å². The summed E-state index contributed by atoms with van der Waals surface area (Å²) in [6.07, 6.45) is -2.54. The van der Waals surface area contributed by atoms with Crippen LogP contribution in [0.5, 0.6) is 0 Å². The molecular weight excluding hydrogens is 375 g/mol. The molecule has 3 heterocycles. The first-order chi connectivity index (χ1) is 13.3. The van der Waals surface area contributed by atoms with Crippen molar-refractivity contribution in [2.75, 3.05) is 38.2 Å². The van der Waals surface area contributed by atoms with E-state index < -0.39 is 18.1 Å². The van der Waals surface area contributed by atoms with E-state index in [-0.39, 0.29) is 35.9 Å². The minimum Gasteiger partial charge on any atom is -0.379 e. The summed E-state index contributed by atoms with van der Waals surface area (Å²) in [5.41, 5.74) is 0.0161. The van der Waals surface area contributed by atoms with Gasteiger partial charge in [-0.2, -0.15) is 18.3 Å². The molecule has 0 aromatic carbocycles. The fourth-order valence-electron chi connectivity index (χ4n) is 4.00. The first-order valence-electron chi connectivity index (χ1n) is 9.85. The number of ether oxygens (including phenoxy) is 1. The van der Waals surface area contributed by atoms with Crippen molar-refractivity contribution in [2.24, 2.45) is 5.92 Å². The molecule has 3 aliphatic rings. The Labute approximate surface area is 161 Å². The number of carbonyl (C=O) groups excluding carboxylic acids is 1. The topological polar surface area (TPSA) is 71.4 Å². The molecule has 4 rings (SSSR count). The Bertz CT molecular complexity index is 713. The molecule has 1 saturated carbocycles. The molecule has 1 aromatic rings. The minimum atomic E-state index is -4.39. The van der Waals surface area contributed by atoms with Crippen molar-refractivity contribution in [1.82, 2.24) is 20.0 Å². The summed E-state index contributed by atoms with van der Waals surface area (Å²) in [4.78, 5) is 14.7. The number of anilines is 1. The lowest BCUT2D eigenvalue weighted by Crippen LogP contribution is -2.47. The average Bonchev–Trinajstić information content (AvgIpc) is 3.43. The Morgan fingerprint density at radius 2 is 2.11 bits per heavy atom. The average molecular weight is 401 g/mol.